The van der Waals surface area contributed by atoms with Crippen LogP contribution in [0, 0.1) is 13.8 Å². The number of aryl methyl sites for hydroxylation is 2. The van der Waals surface area contributed by atoms with Crippen molar-refractivity contribution < 1.29 is 14.3 Å². The summed E-state index contributed by atoms with van der Waals surface area (Å²) in [7, 11) is 1.62. The Bertz CT molecular complexity index is 764. The molecule has 1 N–H and O–H groups in total. The van der Waals surface area contributed by atoms with Gasteiger partial charge in [0, 0.05) is 26.7 Å². The average Bonchev–Trinajstić information content (AvgIpc) is 2.65. The van der Waals surface area contributed by atoms with Crippen LogP contribution in [-0.2, 0) is 16.1 Å². The van der Waals surface area contributed by atoms with Crippen molar-refractivity contribution >= 4 is 5.91 Å². The summed E-state index contributed by atoms with van der Waals surface area (Å²) in [5.41, 5.74) is 3.08. The number of rotatable bonds is 5. The topological polar surface area (TPSA) is 76.6 Å². The molecular weight excluding hydrogens is 332 g/mol. The highest BCUT2D eigenvalue weighted by molar-refractivity contribution is 5.80. The molecule has 1 saturated heterocycles. The van der Waals surface area contributed by atoms with E-state index in [-0.39, 0.29) is 5.91 Å². The van der Waals surface area contributed by atoms with Crippen molar-refractivity contribution in [2.75, 3.05) is 26.7 Å². The highest BCUT2D eigenvalue weighted by atomic mass is 16.5. The Labute approximate surface area is 153 Å². The van der Waals surface area contributed by atoms with Crippen LogP contribution in [0.4, 0.5) is 0 Å². The van der Waals surface area contributed by atoms with Crippen LogP contribution in [0.2, 0.25) is 0 Å². The molecule has 138 valence electrons. The van der Waals surface area contributed by atoms with Crippen LogP contribution in [0.5, 0.6) is 11.6 Å². The second kappa shape index (κ2) is 8.25. The minimum absolute atomic E-state index is 0.0991. The van der Waals surface area contributed by atoms with Crippen molar-refractivity contribution in [3.05, 3.63) is 47.4 Å². The highest BCUT2D eigenvalue weighted by Gasteiger charge is 2.26. The van der Waals surface area contributed by atoms with Crippen LogP contribution in [-0.4, -0.2) is 53.6 Å². The first kappa shape index (κ1) is 18.3. The van der Waals surface area contributed by atoms with Gasteiger partial charge in [0.2, 0.25) is 11.8 Å². The van der Waals surface area contributed by atoms with Gasteiger partial charge in [0.05, 0.1) is 24.7 Å². The van der Waals surface area contributed by atoms with E-state index in [9.17, 15) is 4.79 Å². The third-order valence-corrected chi connectivity index (χ3v) is 4.30. The molecule has 1 aliphatic heterocycles. The van der Waals surface area contributed by atoms with Crippen molar-refractivity contribution in [3.63, 3.8) is 0 Å². The summed E-state index contributed by atoms with van der Waals surface area (Å²) in [6.45, 7) is 6.50. The normalized spacial score (nSPS) is 17.7. The zero-order valence-electron chi connectivity index (χ0n) is 15.4. The Hall–Kier alpha value is -2.51. The number of carbonyl (C=O) groups excluding carboxylic acids is 1. The maximum absolute atomic E-state index is 11.7. The molecule has 0 radical (unpaired) electrons. The van der Waals surface area contributed by atoms with E-state index in [0.29, 0.717) is 25.6 Å². The van der Waals surface area contributed by atoms with Gasteiger partial charge in [-0.05, 0) is 25.5 Å². The number of hydrogen-bond acceptors (Lipinski definition) is 6. The van der Waals surface area contributed by atoms with Crippen LogP contribution < -0.4 is 10.1 Å². The maximum Gasteiger partial charge on any atom is 0.250 e. The zero-order chi connectivity index (χ0) is 18.5. The van der Waals surface area contributed by atoms with Crippen molar-refractivity contribution in [1.29, 1.82) is 0 Å². The molecule has 1 aliphatic rings. The summed E-state index contributed by atoms with van der Waals surface area (Å²) < 4.78 is 11.3. The van der Waals surface area contributed by atoms with E-state index in [1.165, 1.54) is 5.56 Å². The number of amides is 1. The lowest BCUT2D eigenvalue weighted by Crippen LogP contribution is -2.48. The van der Waals surface area contributed by atoms with E-state index < -0.39 is 6.10 Å². The van der Waals surface area contributed by atoms with Crippen molar-refractivity contribution in [3.8, 4) is 11.6 Å². The van der Waals surface area contributed by atoms with E-state index in [1.807, 2.05) is 26.0 Å². The van der Waals surface area contributed by atoms with Crippen LogP contribution >= 0.6 is 0 Å². The van der Waals surface area contributed by atoms with Gasteiger partial charge in [-0.2, -0.15) is 0 Å². The summed E-state index contributed by atoms with van der Waals surface area (Å²) in [6, 6.07) is 6.01. The molecule has 0 spiro atoms. The molecule has 2 aromatic rings. The van der Waals surface area contributed by atoms with Crippen LogP contribution in [0.3, 0.4) is 0 Å². The largest absolute Gasteiger partial charge is 0.437 e. The Morgan fingerprint density at radius 2 is 2.19 bits per heavy atom. The van der Waals surface area contributed by atoms with E-state index in [4.69, 9.17) is 9.47 Å². The number of likely N-dealkylation sites (N-methyl/N-ethyl adjacent to an activating group) is 1. The quantitative estimate of drug-likeness (QED) is 0.881. The number of benzene rings is 1. The van der Waals surface area contributed by atoms with Crippen LogP contribution in [0.15, 0.2) is 30.6 Å². The molecule has 3 rings (SSSR count). The molecule has 1 aromatic heterocycles. The van der Waals surface area contributed by atoms with Gasteiger partial charge in [-0.3, -0.25) is 14.7 Å². The standard InChI is InChI=1S/C19H24N4O3/c1-13-4-5-16(14(2)8-13)26-18-10-21-15(9-22-18)11-23-6-7-25-17(12-23)19(24)20-3/h4-5,8-10,17H,6-7,11-12H2,1-3H3,(H,20,24)/t17-/m0/s1. The SMILES string of the molecule is CNC(=O)[C@@H]1CN(Cc2cnc(Oc3ccc(C)cc3C)cn2)CCO1. The van der Waals surface area contributed by atoms with E-state index in [1.54, 1.807) is 19.4 Å². The first-order valence-electron chi connectivity index (χ1n) is 8.66. The molecule has 1 atom stereocenters. The summed E-state index contributed by atoms with van der Waals surface area (Å²) in [5.74, 6) is 1.14. The number of nitrogens with zero attached hydrogens (tertiary/aromatic N) is 3. The van der Waals surface area contributed by atoms with Gasteiger partial charge in [-0.25, -0.2) is 4.98 Å². The van der Waals surface area contributed by atoms with E-state index in [0.717, 1.165) is 23.6 Å². The van der Waals surface area contributed by atoms with Crippen molar-refractivity contribution in [2.45, 2.75) is 26.5 Å². The van der Waals surface area contributed by atoms with Crippen LogP contribution in [0.1, 0.15) is 16.8 Å². The molecular formula is C19H24N4O3. The van der Waals surface area contributed by atoms with Gasteiger partial charge in [-0.1, -0.05) is 17.7 Å². The molecule has 0 aliphatic carbocycles. The maximum atomic E-state index is 11.7. The lowest BCUT2D eigenvalue weighted by molar-refractivity contribution is -0.138. The van der Waals surface area contributed by atoms with Crippen molar-refractivity contribution in [2.24, 2.45) is 0 Å². The van der Waals surface area contributed by atoms with Gasteiger partial charge < -0.3 is 14.8 Å². The van der Waals surface area contributed by atoms with E-state index in [2.05, 4.69) is 26.3 Å². The molecule has 1 fully saturated rings. The monoisotopic (exact) mass is 356 g/mol. The number of ether oxygens (including phenoxy) is 2. The predicted octanol–water partition coefficient (Wildman–Crippen LogP) is 1.83. The average molecular weight is 356 g/mol. The molecule has 7 heteroatoms. The molecule has 26 heavy (non-hydrogen) atoms. The van der Waals surface area contributed by atoms with Gasteiger partial charge in [0.1, 0.15) is 11.9 Å². The Kier molecular flexibility index (Phi) is 5.80. The first-order valence-corrected chi connectivity index (χ1v) is 8.66. The lowest BCUT2D eigenvalue weighted by atomic mass is 10.1. The predicted molar refractivity (Wildman–Crippen MR) is 97.1 cm³/mol. The van der Waals surface area contributed by atoms with Gasteiger partial charge in [0.15, 0.2) is 0 Å². The number of morpholine rings is 1. The number of carbonyl (C=O) groups is 1. The van der Waals surface area contributed by atoms with E-state index >= 15 is 0 Å². The zero-order valence-corrected chi connectivity index (χ0v) is 15.4. The molecule has 1 aromatic carbocycles. The summed E-state index contributed by atoms with van der Waals surface area (Å²) in [5, 5.41) is 2.62. The highest BCUT2D eigenvalue weighted by Crippen LogP contribution is 2.24. The third kappa shape index (κ3) is 4.56. The Balaban J connectivity index is 1.60. The fraction of sp³-hybridized carbons (Fsp3) is 0.421. The summed E-state index contributed by atoms with van der Waals surface area (Å²) in [6.07, 6.45) is 2.91. The van der Waals surface area contributed by atoms with Crippen LogP contribution in [0.25, 0.3) is 0 Å². The Morgan fingerprint density at radius 1 is 1.35 bits per heavy atom. The molecule has 0 bridgehead atoms. The molecule has 7 nitrogen and oxygen atoms in total. The smallest absolute Gasteiger partial charge is 0.250 e. The van der Waals surface area contributed by atoms with Gasteiger partial charge in [0.25, 0.3) is 0 Å². The number of aromatic nitrogens is 2. The van der Waals surface area contributed by atoms with Crippen molar-refractivity contribution in [1.82, 2.24) is 20.2 Å². The lowest BCUT2D eigenvalue weighted by Gasteiger charge is -2.31. The molecule has 0 saturated carbocycles. The Morgan fingerprint density at radius 3 is 2.88 bits per heavy atom. The number of hydrogen-bond donors (Lipinski definition) is 1. The number of nitrogens with one attached hydrogen (secondary N) is 1. The molecule has 0 unspecified atom stereocenters. The second-order valence-electron chi connectivity index (χ2n) is 6.43. The summed E-state index contributed by atoms with van der Waals surface area (Å²) >= 11 is 0. The first-order chi connectivity index (χ1) is 12.5. The fourth-order valence-electron chi connectivity index (χ4n) is 2.90. The third-order valence-electron chi connectivity index (χ3n) is 4.30. The second-order valence-corrected chi connectivity index (χ2v) is 6.43. The van der Waals surface area contributed by atoms with Gasteiger partial charge in [-0.15, -0.1) is 0 Å². The minimum Gasteiger partial charge on any atom is -0.437 e. The molecule has 1 amide bonds. The van der Waals surface area contributed by atoms with Gasteiger partial charge >= 0.3 is 0 Å². The minimum atomic E-state index is -0.436. The molecule has 2 heterocycles. The summed E-state index contributed by atoms with van der Waals surface area (Å²) in [4.78, 5) is 22.6. The fourth-order valence-corrected chi connectivity index (χ4v) is 2.90.